The summed E-state index contributed by atoms with van der Waals surface area (Å²) in [6.45, 7) is 3.81. The van der Waals surface area contributed by atoms with E-state index in [0.717, 1.165) is 5.56 Å². The Hall–Kier alpha value is -1.15. The molecule has 76 valence electrons. The molecular formula is C12H17NO. The second kappa shape index (κ2) is 4.91. The second-order valence-corrected chi connectivity index (χ2v) is 3.84. The van der Waals surface area contributed by atoms with Gasteiger partial charge in [0.2, 0.25) is 0 Å². The van der Waals surface area contributed by atoms with E-state index in [1.54, 1.807) is 0 Å². The van der Waals surface area contributed by atoms with Crippen molar-refractivity contribution in [3.63, 3.8) is 0 Å². The van der Waals surface area contributed by atoms with E-state index in [1.165, 1.54) is 0 Å². The summed E-state index contributed by atoms with van der Waals surface area (Å²) in [5.41, 5.74) is 6.94. The highest BCUT2D eigenvalue weighted by molar-refractivity contribution is 5.81. The van der Waals surface area contributed by atoms with Gasteiger partial charge in [-0.15, -0.1) is 0 Å². The van der Waals surface area contributed by atoms with Crippen LogP contribution in [-0.4, -0.2) is 5.78 Å². The molecule has 0 saturated carbocycles. The zero-order valence-corrected chi connectivity index (χ0v) is 8.73. The van der Waals surface area contributed by atoms with Gasteiger partial charge < -0.3 is 5.73 Å². The van der Waals surface area contributed by atoms with E-state index in [9.17, 15) is 4.79 Å². The summed E-state index contributed by atoms with van der Waals surface area (Å²) >= 11 is 0. The van der Waals surface area contributed by atoms with Crippen LogP contribution in [0.3, 0.4) is 0 Å². The first-order chi connectivity index (χ1) is 6.61. The molecule has 0 saturated heterocycles. The lowest BCUT2D eigenvalue weighted by molar-refractivity contribution is -0.122. The number of rotatable bonds is 4. The Labute approximate surface area is 85.1 Å². The summed E-state index contributed by atoms with van der Waals surface area (Å²) in [6, 6.07) is 9.58. The molecule has 0 bridgehead atoms. The molecule has 14 heavy (non-hydrogen) atoms. The molecule has 1 aromatic rings. The predicted octanol–water partition coefficient (Wildman–Crippen LogP) is 2.30. The zero-order valence-electron chi connectivity index (χ0n) is 8.73. The number of nitrogens with two attached hydrogens (primary N) is 1. The molecule has 0 aliphatic rings. The first-order valence-electron chi connectivity index (χ1n) is 4.94. The molecule has 1 aromatic carbocycles. The minimum atomic E-state index is -0.161. The largest absolute Gasteiger partial charge is 0.324 e. The van der Waals surface area contributed by atoms with Gasteiger partial charge in [-0.1, -0.05) is 44.2 Å². The highest BCUT2D eigenvalue weighted by atomic mass is 16.1. The van der Waals surface area contributed by atoms with Gasteiger partial charge >= 0.3 is 0 Å². The van der Waals surface area contributed by atoms with Crippen LogP contribution in [0.4, 0.5) is 0 Å². The van der Waals surface area contributed by atoms with Crippen LogP contribution in [-0.2, 0) is 4.79 Å². The first-order valence-corrected chi connectivity index (χ1v) is 4.94. The highest BCUT2D eigenvalue weighted by Gasteiger charge is 2.13. The summed E-state index contributed by atoms with van der Waals surface area (Å²) in [4.78, 5) is 11.4. The van der Waals surface area contributed by atoms with Gasteiger partial charge in [0.15, 0.2) is 0 Å². The average Bonchev–Trinajstić information content (AvgIpc) is 2.19. The van der Waals surface area contributed by atoms with E-state index in [4.69, 9.17) is 5.73 Å². The number of hydrogen-bond donors (Lipinski definition) is 1. The second-order valence-electron chi connectivity index (χ2n) is 3.84. The van der Waals surface area contributed by atoms with Crippen molar-refractivity contribution in [1.82, 2.24) is 0 Å². The molecule has 2 nitrogen and oxygen atoms in total. The predicted molar refractivity (Wildman–Crippen MR) is 57.8 cm³/mol. The van der Waals surface area contributed by atoms with E-state index in [0.29, 0.717) is 6.42 Å². The molecule has 1 rings (SSSR count). The number of ketones is 1. The molecule has 0 spiro atoms. The monoisotopic (exact) mass is 191 g/mol. The van der Waals surface area contributed by atoms with Crippen LogP contribution in [0.1, 0.15) is 31.9 Å². The van der Waals surface area contributed by atoms with E-state index < -0.39 is 0 Å². The zero-order chi connectivity index (χ0) is 10.6. The Kier molecular flexibility index (Phi) is 3.84. The molecule has 0 aliphatic carbocycles. The fourth-order valence-corrected chi connectivity index (χ4v) is 1.27. The van der Waals surface area contributed by atoms with Gasteiger partial charge in [-0.2, -0.15) is 0 Å². The molecule has 0 amide bonds. The van der Waals surface area contributed by atoms with Crippen LogP contribution < -0.4 is 5.73 Å². The van der Waals surface area contributed by atoms with Crippen molar-refractivity contribution in [2.24, 2.45) is 11.7 Å². The lowest BCUT2D eigenvalue weighted by Gasteiger charge is -2.12. The van der Waals surface area contributed by atoms with Crippen molar-refractivity contribution in [2.75, 3.05) is 0 Å². The first kappa shape index (κ1) is 10.9. The van der Waals surface area contributed by atoms with Crippen molar-refractivity contribution < 1.29 is 4.79 Å². The summed E-state index contributed by atoms with van der Waals surface area (Å²) in [6.07, 6.45) is 0.432. The third-order valence-electron chi connectivity index (χ3n) is 2.29. The quantitative estimate of drug-likeness (QED) is 0.793. The van der Waals surface area contributed by atoms with Crippen molar-refractivity contribution in [3.05, 3.63) is 35.9 Å². The van der Waals surface area contributed by atoms with Crippen LogP contribution in [0.25, 0.3) is 0 Å². The van der Waals surface area contributed by atoms with Gasteiger partial charge in [-0.25, -0.2) is 0 Å². The van der Waals surface area contributed by atoms with E-state index in [-0.39, 0.29) is 17.7 Å². The smallest absolute Gasteiger partial charge is 0.137 e. The molecule has 0 unspecified atom stereocenters. The van der Waals surface area contributed by atoms with E-state index >= 15 is 0 Å². The summed E-state index contributed by atoms with van der Waals surface area (Å²) in [5.74, 6) is 0.297. The van der Waals surface area contributed by atoms with Gasteiger partial charge in [0.1, 0.15) is 5.78 Å². The van der Waals surface area contributed by atoms with Gasteiger partial charge in [-0.05, 0) is 5.56 Å². The van der Waals surface area contributed by atoms with Gasteiger partial charge in [0.05, 0.1) is 0 Å². The molecule has 0 heterocycles. The Morgan fingerprint density at radius 1 is 1.29 bits per heavy atom. The topological polar surface area (TPSA) is 43.1 Å². The van der Waals surface area contributed by atoms with Crippen molar-refractivity contribution in [2.45, 2.75) is 26.3 Å². The van der Waals surface area contributed by atoms with Crippen molar-refractivity contribution in [3.8, 4) is 0 Å². The fourth-order valence-electron chi connectivity index (χ4n) is 1.27. The number of hydrogen-bond acceptors (Lipinski definition) is 2. The SMILES string of the molecule is CC(C)C(=O)C[C@@H](N)c1ccccc1. The Balaban J connectivity index is 2.59. The lowest BCUT2D eigenvalue weighted by atomic mass is 9.97. The van der Waals surface area contributed by atoms with Crippen LogP contribution in [0.15, 0.2) is 30.3 Å². The molecule has 1 atom stereocenters. The number of carbonyl (C=O) groups is 1. The molecular weight excluding hydrogens is 174 g/mol. The molecule has 2 heteroatoms. The number of benzene rings is 1. The molecule has 0 aromatic heterocycles. The van der Waals surface area contributed by atoms with E-state index in [2.05, 4.69) is 0 Å². The summed E-state index contributed by atoms with van der Waals surface area (Å²) in [5, 5.41) is 0. The molecule has 0 radical (unpaired) electrons. The van der Waals surface area contributed by atoms with Gasteiger partial charge in [0, 0.05) is 18.4 Å². The molecule has 0 fully saturated rings. The minimum Gasteiger partial charge on any atom is -0.324 e. The molecule has 2 N–H and O–H groups in total. The third kappa shape index (κ3) is 2.96. The highest BCUT2D eigenvalue weighted by Crippen LogP contribution is 2.15. The fraction of sp³-hybridized carbons (Fsp3) is 0.417. The minimum absolute atomic E-state index is 0.0739. The van der Waals surface area contributed by atoms with Crippen LogP contribution in [0.2, 0.25) is 0 Å². The summed E-state index contributed by atoms with van der Waals surface area (Å²) < 4.78 is 0. The Morgan fingerprint density at radius 3 is 2.36 bits per heavy atom. The Bertz CT molecular complexity index is 292. The number of Topliss-reactive ketones (excluding diaryl/α,β-unsaturated/α-hetero) is 1. The summed E-state index contributed by atoms with van der Waals surface area (Å²) in [7, 11) is 0. The maximum Gasteiger partial charge on any atom is 0.137 e. The third-order valence-corrected chi connectivity index (χ3v) is 2.29. The maximum atomic E-state index is 11.4. The normalized spacial score (nSPS) is 12.9. The van der Waals surface area contributed by atoms with Crippen molar-refractivity contribution >= 4 is 5.78 Å². The number of carbonyl (C=O) groups excluding carboxylic acids is 1. The standard InChI is InChI=1S/C12H17NO/c1-9(2)12(14)8-11(13)10-6-4-3-5-7-10/h3-7,9,11H,8,13H2,1-2H3/t11-/m1/s1. The lowest BCUT2D eigenvalue weighted by Crippen LogP contribution is -2.18. The van der Waals surface area contributed by atoms with Gasteiger partial charge in [0.25, 0.3) is 0 Å². The van der Waals surface area contributed by atoms with Crippen LogP contribution in [0.5, 0.6) is 0 Å². The maximum absolute atomic E-state index is 11.4. The Morgan fingerprint density at radius 2 is 1.86 bits per heavy atom. The van der Waals surface area contributed by atoms with E-state index in [1.807, 2.05) is 44.2 Å². The van der Waals surface area contributed by atoms with Gasteiger partial charge in [-0.3, -0.25) is 4.79 Å². The molecule has 0 aliphatic heterocycles. The van der Waals surface area contributed by atoms with Crippen LogP contribution in [0, 0.1) is 5.92 Å². The van der Waals surface area contributed by atoms with Crippen molar-refractivity contribution in [1.29, 1.82) is 0 Å². The van der Waals surface area contributed by atoms with Crippen LogP contribution >= 0.6 is 0 Å². The average molecular weight is 191 g/mol.